The fraction of sp³-hybridized carbons (Fsp3) is 0.600. The molecule has 0 saturated heterocycles. The minimum Gasteiger partial charge on any atom is -0.494 e. The van der Waals surface area contributed by atoms with Gasteiger partial charge in [0.1, 0.15) is 5.75 Å². The highest BCUT2D eigenvalue weighted by atomic mass is 16.5. The van der Waals surface area contributed by atoms with Gasteiger partial charge in [-0.05, 0) is 57.4 Å². The molecule has 0 saturated carbocycles. The SMILES string of the molecule is CCNC(C)CCCCOc1cccc(C)c1. The first-order valence-electron chi connectivity index (χ1n) is 6.65. The van der Waals surface area contributed by atoms with Gasteiger partial charge in [-0.25, -0.2) is 0 Å². The summed E-state index contributed by atoms with van der Waals surface area (Å²) in [4.78, 5) is 0. The van der Waals surface area contributed by atoms with Gasteiger partial charge in [0, 0.05) is 6.04 Å². The van der Waals surface area contributed by atoms with E-state index in [0.717, 1.165) is 25.3 Å². The first kappa shape index (κ1) is 14.0. The summed E-state index contributed by atoms with van der Waals surface area (Å²) in [6, 6.07) is 8.86. The third-order valence-corrected chi connectivity index (χ3v) is 2.84. The van der Waals surface area contributed by atoms with Crippen LogP contribution in [0.4, 0.5) is 0 Å². The third kappa shape index (κ3) is 6.32. The smallest absolute Gasteiger partial charge is 0.119 e. The lowest BCUT2D eigenvalue weighted by Crippen LogP contribution is -2.25. The van der Waals surface area contributed by atoms with E-state index in [4.69, 9.17) is 4.74 Å². The maximum Gasteiger partial charge on any atom is 0.119 e. The summed E-state index contributed by atoms with van der Waals surface area (Å²) >= 11 is 0. The van der Waals surface area contributed by atoms with Crippen LogP contribution < -0.4 is 10.1 Å². The molecule has 17 heavy (non-hydrogen) atoms. The van der Waals surface area contributed by atoms with E-state index in [9.17, 15) is 0 Å². The quantitative estimate of drug-likeness (QED) is 0.696. The Morgan fingerprint density at radius 3 is 2.82 bits per heavy atom. The van der Waals surface area contributed by atoms with Crippen LogP contribution in [0.15, 0.2) is 24.3 Å². The van der Waals surface area contributed by atoms with Crippen LogP contribution in [0.5, 0.6) is 5.75 Å². The van der Waals surface area contributed by atoms with Gasteiger partial charge < -0.3 is 10.1 Å². The molecule has 1 rings (SSSR count). The molecule has 0 spiro atoms. The molecule has 0 fully saturated rings. The van der Waals surface area contributed by atoms with Crippen LogP contribution in [0.2, 0.25) is 0 Å². The van der Waals surface area contributed by atoms with Gasteiger partial charge in [0.25, 0.3) is 0 Å². The molecular formula is C15H25NO. The number of benzene rings is 1. The Hall–Kier alpha value is -1.02. The van der Waals surface area contributed by atoms with E-state index in [-0.39, 0.29) is 0 Å². The second-order valence-electron chi connectivity index (χ2n) is 4.62. The predicted octanol–water partition coefficient (Wildman–Crippen LogP) is 3.54. The van der Waals surface area contributed by atoms with Gasteiger partial charge in [0.05, 0.1) is 6.61 Å². The van der Waals surface area contributed by atoms with Crippen LogP contribution in [0.1, 0.15) is 38.7 Å². The highest BCUT2D eigenvalue weighted by Gasteiger charge is 1.99. The molecule has 0 aliphatic heterocycles. The number of aryl methyl sites for hydroxylation is 1. The normalized spacial score (nSPS) is 12.4. The molecule has 0 aliphatic rings. The van der Waals surface area contributed by atoms with Crippen LogP contribution in [-0.2, 0) is 0 Å². The van der Waals surface area contributed by atoms with Gasteiger partial charge in [-0.1, -0.05) is 19.1 Å². The lowest BCUT2D eigenvalue weighted by atomic mass is 10.1. The molecule has 0 amide bonds. The van der Waals surface area contributed by atoms with Crippen molar-refractivity contribution in [3.8, 4) is 5.75 Å². The van der Waals surface area contributed by atoms with Crippen LogP contribution in [-0.4, -0.2) is 19.2 Å². The average Bonchev–Trinajstić information content (AvgIpc) is 2.29. The number of rotatable bonds is 8. The van der Waals surface area contributed by atoms with Gasteiger partial charge in [-0.3, -0.25) is 0 Å². The summed E-state index contributed by atoms with van der Waals surface area (Å²) < 4.78 is 5.71. The molecule has 2 nitrogen and oxygen atoms in total. The molecule has 1 aromatic carbocycles. The first-order chi connectivity index (χ1) is 8.22. The van der Waals surface area contributed by atoms with Crippen molar-refractivity contribution in [2.24, 2.45) is 0 Å². The van der Waals surface area contributed by atoms with E-state index in [2.05, 4.69) is 38.2 Å². The number of hydrogen-bond donors (Lipinski definition) is 1. The maximum absolute atomic E-state index is 5.71. The van der Waals surface area contributed by atoms with E-state index >= 15 is 0 Å². The first-order valence-corrected chi connectivity index (χ1v) is 6.65. The molecule has 0 bridgehead atoms. The Bertz CT molecular complexity index is 312. The van der Waals surface area contributed by atoms with E-state index in [1.165, 1.54) is 18.4 Å². The standard InChI is InChI=1S/C15H25NO/c1-4-16-14(3)9-5-6-11-17-15-10-7-8-13(2)12-15/h7-8,10,12,14,16H,4-6,9,11H2,1-3H3. The van der Waals surface area contributed by atoms with Crippen molar-refractivity contribution in [2.75, 3.05) is 13.2 Å². The molecule has 1 atom stereocenters. The molecule has 1 N–H and O–H groups in total. The molecule has 0 heterocycles. The summed E-state index contributed by atoms with van der Waals surface area (Å²) in [6.07, 6.45) is 3.58. The molecule has 0 radical (unpaired) electrons. The average molecular weight is 235 g/mol. The monoisotopic (exact) mass is 235 g/mol. The molecule has 1 aromatic rings. The largest absolute Gasteiger partial charge is 0.494 e. The molecule has 2 heteroatoms. The minimum absolute atomic E-state index is 0.624. The van der Waals surface area contributed by atoms with E-state index < -0.39 is 0 Å². The Morgan fingerprint density at radius 2 is 2.12 bits per heavy atom. The summed E-state index contributed by atoms with van der Waals surface area (Å²) in [5, 5.41) is 3.42. The Kier molecular flexibility index (Phi) is 6.71. The van der Waals surface area contributed by atoms with Gasteiger partial charge in [0.2, 0.25) is 0 Å². The van der Waals surface area contributed by atoms with Crippen molar-refractivity contribution < 1.29 is 4.74 Å². The third-order valence-electron chi connectivity index (χ3n) is 2.84. The van der Waals surface area contributed by atoms with Crippen LogP contribution in [0, 0.1) is 6.92 Å². The van der Waals surface area contributed by atoms with Crippen molar-refractivity contribution in [1.82, 2.24) is 5.32 Å². The molecule has 1 unspecified atom stereocenters. The van der Waals surface area contributed by atoms with Crippen LogP contribution in [0.25, 0.3) is 0 Å². The van der Waals surface area contributed by atoms with Crippen molar-refractivity contribution in [3.05, 3.63) is 29.8 Å². The maximum atomic E-state index is 5.71. The second kappa shape index (κ2) is 8.13. The lowest BCUT2D eigenvalue weighted by Gasteiger charge is -2.12. The summed E-state index contributed by atoms with van der Waals surface area (Å²) in [5.41, 5.74) is 1.25. The van der Waals surface area contributed by atoms with Crippen LogP contribution >= 0.6 is 0 Å². The fourth-order valence-electron chi connectivity index (χ4n) is 1.90. The van der Waals surface area contributed by atoms with Crippen molar-refractivity contribution >= 4 is 0 Å². The topological polar surface area (TPSA) is 21.3 Å². The zero-order chi connectivity index (χ0) is 12.5. The van der Waals surface area contributed by atoms with Crippen molar-refractivity contribution in [3.63, 3.8) is 0 Å². The fourth-order valence-corrected chi connectivity index (χ4v) is 1.90. The van der Waals surface area contributed by atoms with E-state index in [1.54, 1.807) is 0 Å². The van der Waals surface area contributed by atoms with E-state index in [1.807, 2.05) is 12.1 Å². The zero-order valence-corrected chi connectivity index (χ0v) is 11.3. The van der Waals surface area contributed by atoms with Crippen molar-refractivity contribution in [1.29, 1.82) is 0 Å². The van der Waals surface area contributed by atoms with Crippen molar-refractivity contribution in [2.45, 2.75) is 46.1 Å². The second-order valence-corrected chi connectivity index (χ2v) is 4.62. The Morgan fingerprint density at radius 1 is 1.29 bits per heavy atom. The summed E-state index contributed by atoms with van der Waals surface area (Å²) in [6.45, 7) is 8.36. The van der Waals surface area contributed by atoms with Gasteiger partial charge in [-0.2, -0.15) is 0 Å². The highest BCUT2D eigenvalue weighted by Crippen LogP contribution is 2.13. The molecular weight excluding hydrogens is 210 g/mol. The molecule has 0 aromatic heterocycles. The molecule has 0 aliphatic carbocycles. The summed E-state index contributed by atoms with van der Waals surface area (Å²) in [7, 11) is 0. The Labute approximate surface area is 105 Å². The van der Waals surface area contributed by atoms with Gasteiger partial charge in [-0.15, -0.1) is 0 Å². The minimum atomic E-state index is 0.624. The predicted molar refractivity (Wildman–Crippen MR) is 73.7 cm³/mol. The highest BCUT2D eigenvalue weighted by molar-refractivity contribution is 5.27. The van der Waals surface area contributed by atoms with E-state index in [0.29, 0.717) is 6.04 Å². The zero-order valence-electron chi connectivity index (χ0n) is 11.3. The number of ether oxygens (including phenoxy) is 1. The summed E-state index contributed by atoms with van der Waals surface area (Å²) in [5.74, 6) is 0.990. The van der Waals surface area contributed by atoms with Gasteiger partial charge in [0.15, 0.2) is 0 Å². The van der Waals surface area contributed by atoms with Gasteiger partial charge >= 0.3 is 0 Å². The molecule has 96 valence electrons. The van der Waals surface area contributed by atoms with Crippen LogP contribution in [0.3, 0.4) is 0 Å². The number of nitrogens with one attached hydrogen (secondary N) is 1. The number of unbranched alkanes of at least 4 members (excludes halogenated alkanes) is 1. The lowest BCUT2D eigenvalue weighted by molar-refractivity contribution is 0.301. The Balaban J connectivity index is 2.08. The number of hydrogen-bond acceptors (Lipinski definition) is 2.